The quantitative estimate of drug-likeness (QED) is 0.882. The van der Waals surface area contributed by atoms with E-state index in [2.05, 4.69) is 14.9 Å². The van der Waals surface area contributed by atoms with Crippen LogP contribution in [0.2, 0.25) is 0 Å². The van der Waals surface area contributed by atoms with Crippen LogP contribution in [0.1, 0.15) is 41.1 Å². The van der Waals surface area contributed by atoms with Crippen LogP contribution >= 0.6 is 11.3 Å². The summed E-state index contributed by atoms with van der Waals surface area (Å²) in [5, 5.41) is 3.75. The van der Waals surface area contributed by atoms with Crippen LogP contribution < -0.4 is 4.72 Å². The molecule has 0 aromatic carbocycles. The minimum Gasteiger partial charge on any atom is -0.364 e. The molecule has 0 amide bonds. The molecule has 0 unspecified atom stereocenters. The second-order valence-corrected chi connectivity index (χ2v) is 8.91. The van der Waals surface area contributed by atoms with Gasteiger partial charge in [-0.15, -0.1) is 11.3 Å². The van der Waals surface area contributed by atoms with Crippen LogP contribution in [0.4, 0.5) is 0 Å². The van der Waals surface area contributed by atoms with E-state index < -0.39 is 10.0 Å². The molecular weight excluding hydrogens is 338 g/mol. The zero-order chi connectivity index (χ0) is 16.6. The fourth-order valence-corrected chi connectivity index (χ4v) is 5.05. The van der Waals surface area contributed by atoms with E-state index in [1.165, 1.54) is 11.3 Å². The molecule has 1 fully saturated rings. The predicted octanol–water partition coefficient (Wildman–Crippen LogP) is 2.25. The Balaban J connectivity index is 1.58. The summed E-state index contributed by atoms with van der Waals surface area (Å²) in [5.74, 6) is 1.02. The molecule has 3 rings (SSSR count). The zero-order valence-corrected chi connectivity index (χ0v) is 14.8. The van der Waals surface area contributed by atoms with Crippen LogP contribution in [0, 0.1) is 20.8 Å². The average Bonchev–Trinajstić information content (AvgIpc) is 3.19. The highest BCUT2D eigenvalue weighted by Crippen LogP contribution is 2.32. The van der Waals surface area contributed by atoms with Crippen molar-refractivity contribution in [1.29, 1.82) is 0 Å². The van der Waals surface area contributed by atoms with Gasteiger partial charge < -0.3 is 9.26 Å². The van der Waals surface area contributed by atoms with Crippen molar-refractivity contribution in [2.45, 2.75) is 50.0 Å². The number of hydrogen-bond donors (Lipinski definition) is 1. The number of ether oxygens (including phenoxy) is 1. The van der Waals surface area contributed by atoms with Gasteiger partial charge in [-0.25, -0.2) is 13.1 Å². The molecule has 1 saturated heterocycles. The molecule has 1 N–H and O–H groups in total. The molecule has 9 heteroatoms. The highest BCUT2D eigenvalue weighted by atomic mass is 32.2. The van der Waals surface area contributed by atoms with Crippen molar-refractivity contribution >= 4 is 21.4 Å². The van der Waals surface area contributed by atoms with Gasteiger partial charge in [0.2, 0.25) is 10.0 Å². The Labute approximate surface area is 139 Å². The first-order valence-electron chi connectivity index (χ1n) is 7.37. The van der Waals surface area contributed by atoms with Crippen LogP contribution in [0.15, 0.2) is 14.8 Å². The molecule has 7 nitrogen and oxygen atoms in total. The molecule has 0 radical (unpaired) electrons. The van der Waals surface area contributed by atoms with Gasteiger partial charge >= 0.3 is 0 Å². The maximum atomic E-state index is 12.3. The van der Waals surface area contributed by atoms with Crippen LogP contribution in [-0.2, 0) is 14.8 Å². The van der Waals surface area contributed by atoms with E-state index in [0.717, 1.165) is 23.3 Å². The summed E-state index contributed by atoms with van der Waals surface area (Å²) in [6.07, 6.45) is 1.04. The van der Waals surface area contributed by atoms with Crippen molar-refractivity contribution in [1.82, 2.24) is 14.9 Å². The summed E-state index contributed by atoms with van der Waals surface area (Å²) in [6.45, 7) is 5.80. The third-order valence-electron chi connectivity index (χ3n) is 3.84. The lowest BCUT2D eigenvalue weighted by Crippen LogP contribution is -2.31. The second kappa shape index (κ2) is 6.31. The minimum absolute atomic E-state index is 0.191. The van der Waals surface area contributed by atoms with Gasteiger partial charge in [-0.05, 0) is 45.2 Å². The summed E-state index contributed by atoms with van der Waals surface area (Å²) in [5.41, 5.74) is 0.985. The molecule has 0 bridgehead atoms. The van der Waals surface area contributed by atoms with Gasteiger partial charge in [0.05, 0.1) is 6.10 Å². The molecule has 1 aliphatic rings. The number of aromatic nitrogens is 2. The summed E-state index contributed by atoms with van der Waals surface area (Å²) in [6, 6.07) is 1.70. The van der Waals surface area contributed by atoms with E-state index in [1.54, 1.807) is 13.0 Å². The van der Waals surface area contributed by atoms with Crippen molar-refractivity contribution in [2.24, 2.45) is 0 Å². The summed E-state index contributed by atoms with van der Waals surface area (Å²) >= 11 is 1.28. The number of sulfonamides is 1. The number of hydrogen-bond acceptors (Lipinski definition) is 7. The first-order valence-corrected chi connectivity index (χ1v) is 9.67. The lowest BCUT2D eigenvalue weighted by atomic mass is 10.2. The Morgan fingerprint density at radius 3 is 2.74 bits per heavy atom. The zero-order valence-electron chi connectivity index (χ0n) is 13.2. The Hall–Kier alpha value is -1.29. The standard InChI is InChI=1S/C14H19N3O4S2/c1-8-6-13(22-9(8)2)23(18,19)15-7-11-4-5-12(20-11)14-16-10(3)17-21-14/h6,11-12,15H,4-5,7H2,1-3H3/t11-,12+/m1/s1. The van der Waals surface area contributed by atoms with E-state index in [1.807, 2.05) is 13.8 Å². The molecule has 0 aliphatic carbocycles. The van der Waals surface area contributed by atoms with Gasteiger partial charge in [0, 0.05) is 11.4 Å². The summed E-state index contributed by atoms with van der Waals surface area (Å²) < 4.78 is 38.5. The summed E-state index contributed by atoms with van der Waals surface area (Å²) in [7, 11) is -3.49. The molecule has 2 atom stereocenters. The lowest BCUT2D eigenvalue weighted by Gasteiger charge is -2.12. The Morgan fingerprint density at radius 2 is 2.13 bits per heavy atom. The van der Waals surface area contributed by atoms with Crippen molar-refractivity contribution in [3.05, 3.63) is 28.2 Å². The van der Waals surface area contributed by atoms with E-state index >= 15 is 0 Å². The van der Waals surface area contributed by atoms with Crippen molar-refractivity contribution in [3.8, 4) is 0 Å². The molecule has 2 aromatic rings. The molecule has 0 spiro atoms. The van der Waals surface area contributed by atoms with Gasteiger partial charge in [-0.2, -0.15) is 4.98 Å². The third kappa shape index (κ3) is 3.63. The molecule has 1 aliphatic heterocycles. The lowest BCUT2D eigenvalue weighted by molar-refractivity contribution is 0.0290. The molecule has 0 saturated carbocycles. The summed E-state index contributed by atoms with van der Waals surface area (Å²) in [4.78, 5) is 5.16. The number of thiophene rings is 1. The Bertz CT molecular complexity index is 777. The molecule has 2 aromatic heterocycles. The number of nitrogens with zero attached hydrogens (tertiary/aromatic N) is 2. The molecule has 3 heterocycles. The van der Waals surface area contributed by atoms with Crippen LogP contribution in [0.25, 0.3) is 0 Å². The second-order valence-electron chi connectivity index (χ2n) is 5.66. The van der Waals surface area contributed by atoms with E-state index in [-0.39, 0.29) is 18.8 Å². The highest BCUT2D eigenvalue weighted by molar-refractivity contribution is 7.91. The normalized spacial score (nSPS) is 21.9. The monoisotopic (exact) mass is 357 g/mol. The number of aryl methyl sites for hydroxylation is 3. The fraction of sp³-hybridized carbons (Fsp3) is 0.571. The van der Waals surface area contributed by atoms with Crippen molar-refractivity contribution in [2.75, 3.05) is 6.54 Å². The smallest absolute Gasteiger partial charge is 0.255 e. The van der Waals surface area contributed by atoms with Gasteiger partial charge in [0.1, 0.15) is 10.3 Å². The maximum absolute atomic E-state index is 12.3. The third-order valence-corrected chi connectivity index (χ3v) is 6.89. The molecule has 126 valence electrons. The van der Waals surface area contributed by atoms with Crippen molar-refractivity contribution in [3.63, 3.8) is 0 Å². The van der Waals surface area contributed by atoms with E-state index in [4.69, 9.17) is 9.26 Å². The van der Waals surface area contributed by atoms with E-state index in [9.17, 15) is 8.42 Å². The van der Waals surface area contributed by atoms with Crippen molar-refractivity contribution < 1.29 is 17.7 Å². The topological polar surface area (TPSA) is 94.3 Å². The van der Waals surface area contributed by atoms with Crippen LogP contribution in [0.3, 0.4) is 0 Å². The first-order chi connectivity index (χ1) is 10.8. The maximum Gasteiger partial charge on any atom is 0.255 e. The van der Waals surface area contributed by atoms with Gasteiger partial charge in [-0.3, -0.25) is 0 Å². The highest BCUT2D eigenvalue weighted by Gasteiger charge is 2.31. The van der Waals surface area contributed by atoms with Gasteiger partial charge in [0.15, 0.2) is 5.82 Å². The SMILES string of the molecule is Cc1noc([C@@H]2CC[C@H](CNS(=O)(=O)c3cc(C)c(C)s3)O2)n1. The van der Waals surface area contributed by atoms with Gasteiger partial charge in [0.25, 0.3) is 5.89 Å². The number of rotatable bonds is 5. The van der Waals surface area contributed by atoms with E-state index in [0.29, 0.717) is 15.9 Å². The molecular formula is C14H19N3O4S2. The predicted molar refractivity (Wildman–Crippen MR) is 84.9 cm³/mol. The molecule has 23 heavy (non-hydrogen) atoms. The fourth-order valence-electron chi connectivity index (χ4n) is 2.43. The number of nitrogens with one attached hydrogen (secondary N) is 1. The van der Waals surface area contributed by atoms with Gasteiger partial charge in [-0.1, -0.05) is 5.16 Å². The Morgan fingerprint density at radius 1 is 1.35 bits per heavy atom. The van der Waals surface area contributed by atoms with Crippen LogP contribution in [-0.4, -0.2) is 31.2 Å². The van der Waals surface area contributed by atoms with Crippen LogP contribution in [0.5, 0.6) is 0 Å². The Kier molecular flexibility index (Phi) is 4.54. The minimum atomic E-state index is -3.49. The first kappa shape index (κ1) is 16.6. The largest absolute Gasteiger partial charge is 0.364 e. The average molecular weight is 357 g/mol.